The number of benzene rings is 1. The highest BCUT2D eigenvalue weighted by molar-refractivity contribution is 6.00. The van der Waals surface area contributed by atoms with Crippen molar-refractivity contribution in [2.24, 2.45) is 0 Å². The Hall–Kier alpha value is -4.20. The van der Waals surface area contributed by atoms with Crippen LogP contribution in [0.5, 0.6) is 0 Å². The molecule has 0 aliphatic carbocycles. The van der Waals surface area contributed by atoms with Crippen molar-refractivity contribution in [2.75, 3.05) is 17.6 Å². The Balaban J connectivity index is 0.00000154. The molecule has 0 fully saturated rings. The van der Waals surface area contributed by atoms with E-state index in [9.17, 15) is 14.3 Å². The van der Waals surface area contributed by atoms with Crippen LogP contribution in [0.3, 0.4) is 0 Å². The van der Waals surface area contributed by atoms with Crippen molar-refractivity contribution < 1.29 is 14.3 Å². The summed E-state index contributed by atoms with van der Waals surface area (Å²) in [6, 6.07) is 8.02. The fourth-order valence-electron chi connectivity index (χ4n) is 3.19. The summed E-state index contributed by atoms with van der Waals surface area (Å²) in [5, 5.41) is 15.0. The number of halogens is 1. The Labute approximate surface area is 213 Å². The van der Waals surface area contributed by atoms with Gasteiger partial charge in [-0.1, -0.05) is 52.5 Å². The van der Waals surface area contributed by atoms with Gasteiger partial charge in [-0.3, -0.25) is 9.78 Å². The zero-order valence-corrected chi connectivity index (χ0v) is 21.9. The van der Waals surface area contributed by atoms with E-state index in [4.69, 9.17) is 5.73 Å². The summed E-state index contributed by atoms with van der Waals surface area (Å²) in [4.78, 5) is 21.0. The van der Waals surface area contributed by atoms with Gasteiger partial charge in [0.25, 0.3) is 5.91 Å². The number of nitrogens with zero attached hydrogens (tertiary/aromatic N) is 2. The van der Waals surface area contributed by atoms with Gasteiger partial charge in [-0.2, -0.15) is 0 Å². The normalized spacial score (nSPS) is 9.64. The Morgan fingerprint density at radius 2 is 1.78 bits per heavy atom. The summed E-state index contributed by atoms with van der Waals surface area (Å²) in [6.45, 7) is 18.9. The predicted molar refractivity (Wildman–Crippen MR) is 148 cm³/mol. The molecule has 36 heavy (non-hydrogen) atoms. The SMILES string of the molecule is C=C(O)CNC(=O)c1cnccc1Nc1cc(-c2cc(C)ccc2F)nc(N)c1C(=C)C.CC.CC. The largest absolute Gasteiger partial charge is 0.511 e. The molecule has 8 heteroatoms. The lowest BCUT2D eigenvalue weighted by atomic mass is 10.0. The monoisotopic (exact) mass is 493 g/mol. The van der Waals surface area contributed by atoms with E-state index in [1.807, 2.05) is 34.6 Å². The van der Waals surface area contributed by atoms with Crippen molar-refractivity contribution in [3.05, 3.63) is 84.2 Å². The number of hydrogen-bond acceptors (Lipinski definition) is 6. The number of hydrogen-bond donors (Lipinski definition) is 4. The van der Waals surface area contributed by atoms with Crippen molar-refractivity contribution in [1.29, 1.82) is 0 Å². The molecule has 1 amide bonds. The molecule has 1 aromatic carbocycles. The molecule has 0 saturated heterocycles. The number of amides is 1. The summed E-state index contributed by atoms with van der Waals surface area (Å²) < 4.78 is 14.5. The molecule has 2 heterocycles. The number of aliphatic hydroxyl groups excluding tert-OH is 1. The van der Waals surface area contributed by atoms with Crippen LogP contribution in [0.15, 0.2) is 61.6 Å². The number of aromatic nitrogens is 2. The molecule has 0 radical (unpaired) electrons. The number of carbonyl (C=O) groups is 1. The smallest absolute Gasteiger partial charge is 0.255 e. The van der Waals surface area contributed by atoms with Gasteiger partial charge in [-0.25, -0.2) is 9.37 Å². The number of anilines is 3. The van der Waals surface area contributed by atoms with E-state index < -0.39 is 11.7 Å². The minimum atomic E-state index is -0.459. The lowest BCUT2D eigenvalue weighted by molar-refractivity contribution is 0.0953. The summed E-state index contributed by atoms with van der Waals surface area (Å²) >= 11 is 0. The minimum Gasteiger partial charge on any atom is -0.511 e. The molecule has 0 aliphatic heterocycles. The Morgan fingerprint density at radius 3 is 2.39 bits per heavy atom. The van der Waals surface area contributed by atoms with Gasteiger partial charge in [0.1, 0.15) is 17.4 Å². The third-order valence-electron chi connectivity index (χ3n) is 4.66. The van der Waals surface area contributed by atoms with Gasteiger partial charge < -0.3 is 21.5 Å². The molecule has 0 aliphatic rings. The molecule has 5 N–H and O–H groups in total. The van der Waals surface area contributed by atoms with E-state index in [1.165, 1.54) is 18.5 Å². The van der Waals surface area contributed by atoms with Crippen LogP contribution in [-0.2, 0) is 0 Å². The number of pyridine rings is 2. The van der Waals surface area contributed by atoms with Gasteiger partial charge in [0.15, 0.2) is 0 Å². The van der Waals surface area contributed by atoms with Crippen LogP contribution >= 0.6 is 0 Å². The highest BCUT2D eigenvalue weighted by Crippen LogP contribution is 2.35. The lowest BCUT2D eigenvalue weighted by Gasteiger charge is -2.18. The van der Waals surface area contributed by atoms with Crippen molar-refractivity contribution in [1.82, 2.24) is 15.3 Å². The second-order valence-corrected chi connectivity index (χ2v) is 7.37. The second-order valence-electron chi connectivity index (χ2n) is 7.37. The van der Waals surface area contributed by atoms with Gasteiger partial charge in [0.2, 0.25) is 0 Å². The summed E-state index contributed by atoms with van der Waals surface area (Å²) in [5.41, 5.74) is 10.1. The zero-order valence-electron chi connectivity index (χ0n) is 21.9. The van der Waals surface area contributed by atoms with Crippen molar-refractivity contribution >= 4 is 28.7 Å². The molecule has 0 bridgehead atoms. The molecule has 2 aromatic heterocycles. The first-order valence-corrected chi connectivity index (χ1v) is 11.8. The van der Waals surface area contributed by atoms with E-state index in [1.54, 1.807) is 31.2 Å². The maximum Gasteiger partial charge on any atom is 0.255 e. The first-order chi connectivity index (χ1) is 17.2. The van der Waals surface area contributed by atoms with E-state index in [2.05, 4.69) is 33.8 Å². The maximum absolute atomic E-state index is 14.5. The van der Waals surface area contributed by atoms with Gasteiger partial charge in [-0.05, 0) is 43.7 Å². The molecule has 3 aromatic rings. The Kier molecular flexibility index (Phi) is 11.8. The van der Waals surface area contributed by atoms with Crippen LogP contribution in [0.1, 0.15) is 56.1 Å². The molecule has 0 unspecified atom stereocenters. The molecular formula is C28H36FN5O2. The van der Waals surface area contributed by atoms with E-state index >= 15 is 0 Å². The highest BCUT2D eigenvalue weighted by atomic mass is 19.1. The van der Waals surface area contributed by atoms with Crippen LogP contribution in [0.2, 0.25) is 0 Å². The summed E-state index contributed by atoms with van der Waals surface area (Å²) in [5.74, 6) is -0.882. The van der Waals surface area contributed by atoms with E-state index in [-0.39, 0.29) is 23.7 Å². The van der Waals surface area contributed by atoms with Crippen LogP contribution in [-0.4, -0.2) is 27.5 Å². The van der Waals surface area contributed by atoms with E-state index in [0.717, 1.165) is 5.56 Å². The van der Waals surface area contributed by atoms with Crippen molar-refractivity contribution in [2.45, 2.75) is 41.5 Å². The average Bonchev–Trinajstić information content (AvgIpc) is 2.86. The van der Waals surface area contributed by atoms with Gasteiger partial charge in [-0.15, -0.1) is 0 Å². The minimum absolute atomic E-state index is 0.0941. The van der Waals surface area contributed by atoms with Crippen molar-refractivity contribution in [3.8, 4) is 11.3 Å². The van der Waals surface area contributed by atoms with E-state index in [0.29, 0.717) is 33.8 Å². The average molecular weight is 494 g/mol. The topological polar surface area (TPSA) is 113 Å². The summed E-state index contributed by atoms with van der Waals surface area (Å²) in [7, 11) is 0. The second kappa shape index (κ2) is 14.3. The van der Waals surface area contributed by atoms with Gasteiger partial charge >= 0.3 is 0 Å². The molecular weight excluding hydrogens is 457 g/mol. The summed E-state index contributed by atoms with van der Waals surface area (Å²) in [6.07, 6.45) is 2.92. The first kappa shape index (κ1) is 29.8. The Bertz CT molecular complexity index is 1220. The predicted octanol–water partition coefficient (Wildman–Crippen LogP) is 6.80. The molecule has 0 spiro atoms. The number of aryl methyl sites for hydroxylation is 1. The fraction of sp³-hybridized carbons (Fsp3) is 0.250. The quantitative estimate of drug-likeness (QED) is 0.269. The maximum atomic E-state index is 14.5. The molecule has 192 valence electrons. The number of rotatable bonds is 7. The lowest BCUT2D eigenvalue weighted by Crippen LogP contribution is -2.26. The van der Waals surface area contributed by atoms with Crippen LogP contribution in [0.25, 0.3) is 16.8 Å². The number of aliphatic hydroxyl groups is 1. The molecule has 0 atom stereocenters. The molecule has 7 nitrogen and oxygen atoms in total. The van der Waals surface area contributed by atoms with Crippen LogP contribution < -0.4 is 16.4 Å². The van der Waals surface area contributed by atoms with Crippen molar-refractivity contribution in [3.63, 3.8) is 0 Å². The third-order valence-corrected chi connectivity index (χ3v) is 4.66. The Morgan fingerprint density at radius 1 is 1.11 bits per heavy atom. The molecule has 0 saturated carbocycles. The highest BCUT2D eigenvalue weighted by Gasteiger charge is 2.18. The third kappa shape index (κ3) is 7.66. The number of nitrogens with two attached hydrogens (primary N) is 1. The number of nitrogen functional groups attached to an aromatic ring is 1. The van der Waals surface area contributed by atoms with Gasteiger partial charge in [0, 0.05) is 23.5 Å². The number of allylic oxidation sites excluding steroid dienone is 1. The number of nitrogens with one attached hydrogen (secondary N) is 2. The zero-order chi connectivity index (χ0) is 27.4. The number of carbonyl (C=O) groups excluding carboxylic acids is 1. The molecule has 3 rings (SSSR count). The van der Waals surface area contributed by atoms with Crippen LogP contribution in [0.4, 0.5) is 21.6 Å². The first-order valence-electron chi connectivity index (χ1n) is 11.8. The standard InChI is InChI=1S/C24H24FN5O2.2C2H6/c1-13(2)22-21(10-20(30-23(22)26)16-9-14(3)5-6-18(16)25)29-19-7-8-27-12-17(19)24(32)28-11-15(4)31;2*1-2/h5-10,12,31H,1,4,11H2,2-3H3,(H,28,32)(H3,26,27,29,30);2*1-2H3. The fourth-order valence-corrected chi connectivity index (χ4v) is 3.19. The van der Waals surface area contributed by atoms with Crippen LogP contribution in [0, 0.1) is 12.7 Å². The van der Waals surface area contributed by atoms with Gasteiger partial charge in [0.05, 0.1) is 29.2 Å².